The van der Waals surface area contributed by atoms with Gasteiger partial charge in [-0.05, 0) is 37.4 Å². The highest BCUT2D eigenvalue weighted by atomic mass is 15.3. The first-order valence-corrected chi connectivity index (χ1v) is 5.69. The first-order chi connectivity index (χ1) is 7.43. The Hall–Kier alpha value is -1.16. The summed E-state index contributed by atoms with van der Waals surface area (Å²) < 4.78 is 0. The van der Waals surface area contributed by atoms with Crippen molar-refractivity contribution in [1.29, 1.82) is 0 Å². The molecule has 1 aromatic heterocycles. The van der Waals surface area contributed by atoms with E-state index in [2.05, 4.69) is 20.4 Å². The van der Waals surface area contributed by atoms with Gasteiger partial charge in [0.05, 0.1) is 0 Å². The number of nitrogens with zero attached hydrogens (tertiary/aromatic N) is 3. The van der Waals surface area contributed by atoms with E-state index in [1.165, 1.54) is 19.4 Å². The summed E-state index contributed by atoms with van der Waals surface area (Å²) in [6.45, 7) is 3.40. The fourth-order valence-electron chi connectivity index (χ4n) is 2.70. The number of anilines is 1. The molecule has 15 heavy (non-hydrogen) atoms. The van der Waals surface area contributed by atoms with Gasteiger partial charge in [0, 0.05) is 25.3 Å². The van der Waals surface area contributed by atoms with E-state index in [0.717, 1.165) is 24.8 Å². The second-order valence-electron chi connectivity index (χ2n) is 4.45. The Balaban J connectivity index is 1.75. The minimum atomic E-state index is 0.667. The second kappa shape index (κ2) is 3.77. The minimum Gasteiger partial charge on any atom is -0.353 e. The van der Waals surface area contributed by atoms with Gasteiger partial charge >= 0.3 is 0 Å². The summed E-state index contributed by atoms with van der Waals surface area (Å²) in [5, 5.41) is 11.7. The number of fused-ring (bicyclic) bond motifs is 1. The largest absolute Gasteiger partial charge is 0.353 e. The molecule has 1 N–H and O–H groups in total. The summed E-state index contributed by atoms with van der Waals surface area (Å²) >= 11 is 0. The van der Waals surface area contributed by atoms with E-state index in [1.807, 2.05) is 12.1 Å². The molecule has 0 aromatic carbocycles. The van der Waals surface area contributed by atoms with Crippen LogP contribution in [0.1, 0.15) is 12.8 Å². The van der Waals surface area contributed by atoms with Crippen LogP contribution in [0.25, 0.3) is 0 Å². The summed E-state index contributed by atoms with van der Waals surface area (Å²) in [5.41, 5.74) is 0. The maximum absolute atomic E-state index is 4.17. The van der Waals surface area contributed by atoms with Crippen molar-refractivity contribution in [2.45, 2.75) is 18.9 Å². The number of piperidine rings is 1. The quantitative estimate of drug-likeness (QED) is 0.730. The van der Waals surface area contributed by atoms with Crippen LogP contribution >= 0.6 is 0 Å². The van der Waals surface area contributed by atoms with Gasteiger partial charge in [-0.25, -0.2) is 0 Å². The van der Waals surface area contributed by atoms with Crippen LogP contribution in [0.4, 0.5) is 5.82 Å². The van der Waals surface area contributed by atoms with Crippen molar-refractivity contribution < 1.29 is 0 Å². The van der Waals surface area contributed by atoms with Gasteiger partial charge in [0.2, 0.25) is 0 Å². The Morgan fingerprint density at radius 3 is 3.20 bits per heavy atom. The summed E-state index contributed by atoms with van der Waals surface area (Å²) in [7, 11) is 0. The van der Waals surface area contributed by atoms with Crippen LogP contribution in [-0.4, -0.2) is 35.9 Å². The van der Waals surface area contributed by atoms with Crippen molar-refractivity contribution >= 4 is 5.82 Å². The van der Waals surface area contributed by atoms with Crippen molar-refractivity contribution in [3.05, 3.63) is 18.3 Å². The predicted octanol–water partition coefficient (Wildman–Crippen LogP) is 0.665. The fraction of sp³-hybridized carbons (Fsp3) is 0.636. The van der Waals surface area contributed by atoms with Crippen LogP contribution in [0.3, 0.4) is 0 Å². The monoisotopic (exact) mass is 204 g/mol. The maximum Gasteiger partial charge on any atom is 0.151 e. The number of nitrogens with one attached hydrogen (secondary N) is 1. The van der Waals surface area contributed by atoms with Crippen molar-refractivity contribution in [1.82, 2.24) is 15.5 Å². The highest BCUT2D eigenvalue weighted by Crippen LogP contribution is 2.27. The average Bonchev–Trinajstić information content (AvgIpc) is 2.74. The Morgan fingerprint density at radius 2 is 2.40 bits per heavy atom. The number of aromatic nitrogens is 2. The lowest BCUT2D eigenvalue weighted by Crippen LogP contribution is -2.40. The smallest absolute Gasteiger partial charge is 0.151 e. The van der Waals surface area contributed by atoms with Crippen molar-refractivity contribution in [3.8, 4) is 0 Å². The van der Waals surface area contributed by atoms with E-state index in [1.54, 1.807) is 6.20 Å². The van der Waals surface area contributed by atoms with Crippen LogP contribution in [0.2, 0.25) is 0 Å². The lowest BCUT2D eigenvalue weighted by Gasteiger charge is -2.24. The van der Waals surface area contributed by atoms with Crippen molar-refractivity contribution in [2.24, 2.45) is 5.92 Å². The minimum absolute atomic E-state index is 0.667. The molecule has 2 aliphatic heterocycles. The maximum atomic E-state index is 4.17. The van der Waals surface area contributed by atoms with Crippen LogP contribution in [0.5, 0.6) is 0 Å². The number of rotatable bonds is 1. The first-order valence-electron chi connectivity index (χ1n) is 5.69. The van der Waals surface area contributed by atoms with E-state index >= 15 is 0 Å². The SMILES string of the molecule is c1cnnc(N2CC3CCCNC3C2)c1. The first kappa shape index (κ1) is 9.09. The molecule has 0 bridgehead atoms. The lowest BCUT2D eigenvalue weighted by atomic mass is 9.94. The molecule has 0 saturated carbocycles. The molecule has 4 nitrogen and oxygen atoms in total. The third-order valence-corrected chi connectivity index (χ3v) is 3.48. The fourth-order valence-corrected chi connectivity index (χ4v) is 2.70. The highest BCUT2D eigenvalue weighted by molar-refractivity contribution is 5.38. The zero-order valence-electron chi connectivity index (χ0n) is 8.76. The van der Waals surface area contributed by atoms with Gasteiger partial charge < -0.3 is 10.2 Å². The number of hydrogen-bond acceptors (Lipinski definition) is 4. The Morgan fingerprint density at radius 1 is 1.40 bits per heavy atom. The van der Waals surface area contributed by atoms with Crippen LogP contribution < -0.4 is 10.2 Å². The van der Waals surface area contributed by atoms with Gasteiger partial charge in [-0.15, -0.1) is 5.10 Å². The zero-order chi connectivity index (χ0) is 10.1. The summed E-state index contributed by atoms with van der Waals surface area (Å²) in [4.78, 5) is 2.35. The van der Waals surface area contributed by atoms with Gasteiger partial charge in [0.25, 0.3) is 0 Å². The van der Waals surface area contributed by atoms with Crippen LogP contribution in [0.15, 0.2) is 18.3 Å². The Kier molecular flexibility index (Phi) is 2.29. The second-order valence-corrected chi connectivity index (χ2v) is 4.45. The van der Waals surface area contributed by atoms with Gasteiger partial charge in [0.1, 0.15) is 0 Å². The van der Waals surface area contributed by atoms with Gasteiger partial charge in [-0.2, -0.15) is 5.10 Å². The topological polar surface area (TPSA) is 41.1 Å². The van der Waals surface area contributed by atoms with Gasteiger partial charge in [0.15, 0.2) is 5.82 Å². The molecule has 4 heteroatoms. The third-order valence-electron chi connectivity index (χ3n) is 3.48. The Labute approximate surface area is 89.7 Å². The molecule has 0 spiro atoms. The molecule has 3 heterocycles. The molecule has 80 valence electrons. The molecule has 2 saturated heterocycles. The van der Waals surface area contributed by atoms with E-state index < -0.39 is 0 Å². The molecule has 2 fully saturated rings. The predicted molar refractivity (Wildman–Crippen MR) is 58.8 cm³/mol. The Bertz CT molecular complexity index is 313. The molecule has 3 rings (SSSR count). The molecule has 1 aromatic rings. The van der Waals surface area contributed by atoms with Crippen LogP contribution in [0, 0.1) is 5.92 Å². The zero-order valence-corrected chi connectivity index (χ0v) is 8.76. The molecule has 0 aliphatic carbocycles. The molecular formula is C11H16N4. The van der Waals surface area contributed by atoms with E-state index in [4.69, 9.17) is 0 Å². The standard InChI is InChI=1S/C11H16N4/c1-3-9-7-15(8-10(9)12-5-1)11-4-2-6-13-14-11/h2,4,6,9-10,12H,1,3,5,7-8H2. The van der Waals surface area contributed by atoms with E-state index in [-0.39, 0.29) is 0 Å². The van der Waals surface area contributed by atoms with E-state index in [9.17, 15) is 0 Å². The highest BCUT2D eigenvalue weighted by Gasteiger charge is 2.34. The molecule has 0 radical (unpaired) electrons. The molecule has 2 aliphatic rings. The average molecular weight is 204 g/mol. The molecule has 2 atom stereocenters. The normalized spacial score (nSPS) is 30.3. The summed E-state index contributed by atoms with van der Waals surface area (Å²) in [5.74, 6) is 1.83. The van der Waals surface area contributed by atoms with Gasteiger partial charge in [-0.3, -0.25) is 0 Å². The van der Waals surface area contributed by atoms with Crippen LogP contribution in [-0.2, 0) is 0 Å². The third kappa shape index (κ3) is 1.69. The summed E-state index contributed by atoms with van der Waals surface area (Å²) in [6.07, 6.45) is 4.40. The summed E-state index contributed by atoms with van der Waals surface area (Å²) in [6, 6.07) is 4.67. The molecule has 2 unspecified atom stereocenters. The van der Waals surface area contributed by atoms with Gasteiger partial charge in [-0.1, -0.05) is 0 Å². The van der Waals surface area contributed by atoms with Crippen molar-refractivity contribution in [3.63, 3.8) is 0 Å². The van der Waals surface area contributed by atoms with E-state index in [0.29, 0.717) is 6.04 Å². The van der Waals surface area contributed by atoms with Crippen molar-refractivity contribution in [2.75, 3.05) is 24.5 Å². The lowest BCUT2D eigenvalue weighted by molar-refractivity contribution is 0.340. The molecular weight excluding hydrogens is 188 g/mol. The number of hydrogen-bond donors (Lipinski definition) is 1. The molecule has 0 amide bonds.